The van der Waals surface area contributed by atoms with Crippen LogP contribution >= 0.6 is 0 Å². The lowest BCUT2D eigenvalue weighted by atomic mass is 9.44. The van der Waals surface area contributed by atoms with E-state index in [1.165, 1.54) is 0 Å². The second-order valence-corrected chi connectivity index (χ2v) is 14.0. The third-order valence-electron chi connectivity index (χ3n) is 11.6. The first-order valence-electron chi connectivity index (χ1n) is 16.1. The number of alkyl carbamates (subject to hydrolysis) is 1. The predicted octanol–water partition coefficient (Wildman–Crippen LogP) is 3.95. The van der Waals surface area contributed by atoms with Crippen molar-refractivity contribution in [2.45, 2.75) is 102 Å². The standard InChI is InChI=1S/C34H47FN2O7/c1-21-15-27-26-12-11-22-16-23(36-18-24(39)19-37-30(42)44-25-9-7-5-4-6-8-10-25)13-14-31(22,2)33(26,35)28(40)17-32(27,3)34(21,43)29(41)20-38/h7,9,13-14,16,21,25-28,38,40,43H,4-6,8,10-12,15,17-20H2,1-3H3,(H,37,42)/b9-7+,36-23?/t21-,25?,26+,27+,28+,31+,32+,33+,34+/m1/s1. The molecule has 0 aliphatic heterocycles. The number of ketones is 2. The highest BCUT2D eigenvalue weighted by Crippen LogP contribution is 2.70. The molecule has 10 heteroatoms. The average molecular weight is 615 g/mol. The highest BCUT2D eigenvalue weighted by Gasteiger charge is 2.75. The highest BCUT2D eigenvalue weighted by molar-refractivity contribution is 6.06. The Morgan fingerprint density at radius 2 is 1.93 bits per heavy atom. The summed E-state index contributed by atoms with van der Waals surface area (Å²) in [5.74, 6) is -2.41. The van der Waals surface area contributed by atoms with Crippen LogP contribution in [0, 0.1) is 28.6 Å². The van der Waals surface area contributed by atoms with Crippen LogP contribution in [0.1, 0.15) is 78.6 Å². The number of hydrogen-bond donors (Lipinski definition) is 4. The third kappa shape index (κ3) is 5.20. The first kappa shape index (κ1) is 32.7. The Morgan fingerprint density at radius 1 is 1.16 bits per heavy atom. The first-order valence-corrected chi connectivity index (χ1v) is 16.1. The molecule has 1 unspecified atom stereocenters. The van der Waals surface area contributed by atoms with E-state index in [1.54, 1.807) is 39.0 Å². The predicted molar refractivity (Wildman–Crippen MR) is 163 cm³/mol. The Labute approximate surface area is 258 Å². The van der Waals surface area contributed by atoms with Gasteiger partial charge in [-0.2, -0.15) is 0 Å². The normalized spacial score (nSPS) is 43.0. The smallest absolute Gasteiger partial charge is 0.408 e. The Bertz CT molecular complexity index is 1290. The molecule has 0 aromatic heterocycles. The maximum Gasteiger partial charge on any atom is 0.408 e. The number of amides is 1. The average Bonchev–Trinajstić information content (AvgIpc) is 3.17. The number of rotatable bonds is 7. The zero-order valence-electron chi connectivity index (χ0n) is 26.1. The molecule has 0 spiro atoms. The van der Waals surface area contributed by atoms with Gasteiger partial charge < -0.3 is 25.4 Å². The van der Waals surface area contributed by atoms with E-state index in [9.17, 15) is 29.7 Å². The van der Waals surface area contributed by atoms with Crippen LogP contribution in [0.15, 0.2) is 40.9 Å². The van der Waals surface area contributed by atoms with Crippen LogP contribution in [0.5, 0.6) is 0 Å². The van der Waals surface area contributed by atoms with E-state index in [0.717, 1.165) is 37.7 Å². The van der Waals surface area contributed by atoms with E-state index < -0.39 is 58.5 Å². The van der Waals surface area contributed by atoms with Crippen LogP contribution in [0.25, 0.3) is 0 Å². The van der Waals surface area contributed by atoms with E-state index in [0.29, 0.717) is 25.0 Å². The Balaban J connectivity index is 1.25. The Morgan fingerprint density at radius 3 is 2.68 bits per heavy atom. The number of fused-ring (bicyclic) bond motifs is 5. The summed E-state index contributed by atoms with van der Waals surface area (Å²) in [7, 11) is 0. The zero-order valence-corrected chi connectivity index (χ0v) is 26.1. The third-order valence-corrected chi connectivity index (χ3v) is 11.6. The molecule has 0 bridgehead atoms. The van der Waals surface area contributed by atoms with Crippen LogP contribution in [0.4, 0.5) is 9.18 Å². The molecule has 0 aromatic rings. The van der Waals surface area contributed by atoms with Gasteiger partial charge in [0.05, 0.1) is 18.4 Å². The summed E-state index contributed by atoms with van der Waals surface area (Å²) in [6.07, 6.45) is 13.0. The number of aliphatic hydroxyl groups excluding tert-OH is 2. The number of aliphatic hydroxyl groups is 3. The summed E-state index contributed by atoms with van der Waals surface area (Å²) in [6.45, 7) is 4.12. The minimum atomic E-state index is -2.04. The summed E-state index contributed by atoms with van der Waals surface area (Å²) >= 11 is 0. The van der Waals surface area contributed by atoms with Gasteiger partial charge in [0.2, 0.25) is 0 Å². The number of aliphatic imine (C=N–C) groups is 1. The topological polar surface area (TPSA) is 146 Å². The van der Waals surface area contributed by atoms with Gasteiger partial charge in [0.15, 0.2) is 17.2 Å². The monoisotopic (exact) mass is 614 g/mol. The SMILES string of the molecule is C[C@@H]1C[C@H]2[C@@H]3CCC4=CC(=NCC(=O)CNC(=O)OC5/C=C/CCCCC5)C=C[C@]4(C)[C@@]3(F)[C@@H](O)C[C@]2(C)[C@@]1(O)C(=O)CO. The summed E-state index contributed by atoms with van der Waals surface area (Å²) in [5, 5.41) is 35.3. The second-order valence-electron chi connectivity index (χ2n) is 14.0. The van der Waals surface area contributed by atoms with Gasteiger partial charge in [-0.3, -0.25) is 14.6 Å². The van der Waals surface area contributed by atoms with Crippen molar-refractivity contribution >= 4 is 23.4 Å². The summed E-state index contributed by atoms with van der Waals surface area (Å²) < 4.78 is 22.9. The van der Waals surface area contributed by atoms with Gasteiger partial charge in [0, 0.05) is 16.7 Å². The highest BCUT2D eigenvalue weighted by atomic mass is 19.1. The van der Waals surface area contributed by atoms with Crippen LogP contribution in [-0.4, -0.2) is 81.9 Å². The second kappa shape index (κ2) is 12.2. The Hall–Kier alpha value is -2.69. The summed E-state index contributed by atoms with van der Waals surface area (Å²) in [5.41, 5.74) is -4.79. The van der Waals surface area contributed by atoms with Crippen molar-refractivity contribution < 1.29 is 38.8 Å². The molecule has 9 nitrogen and oxygen atoms in total. The van der Waals surface area contributed by atoms with Gasteiger partial charge >= 0.3 is 6.09 Å². The van der Waals surface area contributed by atoms with Crippen molar-refractivity contribution in [3.05, 3.63) is 36.0 Å². The molecule has 3 fully saturated rings. The lowest BCUT2D eigenvalue weighted by Crippen LogP contribution is -2.69. The minimum Gasteiger partial charge on any atom is -0.442 e. The Kier molecular flexibility index (Phi) is 9.10. The van der Waals surface area contributed by atoms with E-state index in [4.69, 9.17) is 4.74 Å². The molecule has 5 rings (SSSR count). The number of nitrogens with one attached hydrogen (secondary N) is 1. The maximum atomic E-state index is 17.5. The number of allylic oxidation sites excluding steroid dienone is 5. The minimum absolute atomic E-state index is 0.101. The molecule has 4 N–H and O–H groups in total. The van der Waals surface area contributed by atoms with Crippen molar-refractivity contribution in [1.29, 1.82) is 0 Å². The zero-order chi connectivity index (χ0) is 31.9. The van der Waals surface area contributed by atoms with Gasteiger partial charge in [-0.25, -0.2) is 9.18 Å². The van der Waals surface area contributed by atoms with E-state index in [2.05, 4.69) is 10.3 Å². The van der Waals surface area contributed by atoms with Gasteiger partial charge in [0.1, 0.15) is 24.9 Å². The molecule has 1 amide bonds. The molecule has 5 aliphatic carbocycles. The number of ether oxygens (including phenoxy) is 1. The molecular weight excluding hydrogens is 567 g/mol. The summed E-state index contributed by atoms with van der Waals surface area (Å²) in [4.78, 5) is 41.9. The largest absolute Gasteiger partial charge is 0.442 e. The summed E-state index contributed by atoms with van der Waals surface area (Å²) in [6, 6.07) is 0. The van der Waals surface area contributed by atoms with Crippen molar-refractivity contribution in [3.63, 3.8) is 0 Å². The fourth-order valence-electron chi connectivity index (χ4n) is 9.18. The van der Waals surface area contributed by atoms with Crippen molar-refractivity contribution in [2.24, 2.45) is 33.6 Å². The van der Waals surface area contributed by atoms with E-state index in [-0.39, 0.29) is 37.3 Å². The molecule has 0 radical (unpaired) electrons. The molecule has 3 saturated carbocycles. The maximum absolute atomic E-state index is 17.5. The first-order chi connectivity index (χ1) is 20.8. The fraction of sp³-hybridized carbons (Fsp3) is 0.706. The quantitative estimate of drug-likeness (QED) is 0.318. The van der Waals surface area contributed by atoms with Crippen molar-refractivity contribution in [1.82, 2.24) is 5.32 Å². The molecule has 242 valence electrons. The van der Waals surface area contributed by atoms with Gasteiger partial charge in [0.25, 0.3) is 0 Å². The lowest BCUT2D eigenvalue weighted by molar-refractivity contribution is -0.219. The van der Waals surface area contributed by atoms with Gasteiger partial charge in [-0.05, 0) is 88.4 Å². The molecule has 0 heterocycles. The molecule has 9 atom stereocenters. The molecular formula is C34H47FN2O7. The number of carbonyl (C=O) groups is 3. The molecule has 0 saturated heterocycles. The van der Waals surface area contributed by atoms with Crippen LogP contribution in [-0.2, 0) is 14.3 Å². The number of nitrogens with zero attached hydrogens (tertiary/aromatic N) is 1. The number of carbonyl (C=O) groups excluding carboxylic acids is 3. The van der Waals surface area contributed by atoms with Crippen LogP contribution < -0.4 is 5.32 Å². The number of Topliss-reactive ketones (excluding diaryl/α,β-unsaturated/α-hetero) is 2. The number of halogens is 1. The van der Waals surface area contributed by atoms with E-state index >= 15 is 4.39 Å². The lowest BCUT2D eigenvalue weighted by Gasteiger charge is -2.62. The van der Waals surface area contributed by atoms with Crippen molar-refractivity contribution in [3.8, 4) is 0 Å². The van der Waals surface area contributed by atoms with Crippen LogP contribution in [0.3, 0.4) is 0 Å². The van der Waals surface area contributed by atoms with Crippen LogP contribution in [0.2, 0.25) is 0 Å². The molecule has 44 heavy (non-hydrogen) atoms. The van der Waals surface area contributed by atoms with Crippen molar-refractivity contribution in [2.75, 3.05) is 19.7 Å². The molecule has 5 aliphatic rings. The number of alkyl halides is 1. The molecule has 0 aromatic carbocycles. The fourth-order valence-corrected chi connectivity index (χ4v) is 9.18. The van der Waals surface area contributed by atoms with Gasteiger partial charge in [-0.1, -0.05) is 38.0 Å². The number of hydrogen-bond acceptors (Lipinski definition) is 8. The van der Waals surface area contributed by atoms with E-state index in [1.807, 2.05) is 12.2 Å². The van der Waals surface area contributed by atoms with Gasteiger partial charge in [-0.15, -0.1) is 0 Å².